The van der Waals surface area contributed by atoms with E-state index in [0.29, 0.717) is 6.04 Å². The smallest absolute Gasteiger partial charge is 0.0952 e. The third kappa shape index (κ3) is 4.69. The molecule has 2 fully saturated rings. The van der Waals surface area contributed by atoms with Gasteiger partial charge in [-0.3, -0.25) is 4.90 Å². The van der Waals surface area contributed by atoms with Crippen LogP contribution in [0.3, 0.4) is 0 Å². The number of ether oxygens (including phenoxy) is 1. The normalized spacial score (nSPS) is 25.1. The van der Waals surface area contributed by atoms with E-state index in [0.717, 1.165) is 30.6 Å². The summed E-state index contributed by atoms with van der Waals surface area (Å²) in [5.41, 5.74) is 1.24. The molecule has 0 radical (unpaired) electrons. The average Bonchev–Trinajstić information content (AvgIpc) is 2.56. The van der Waals surface area contributed by atoms with E-state index in [1.54, 1.807) is 0 Å². The number of nitrogens with zero attached hydrogens (tertiary/aromatic N) is 2. The Balaban J connectivity index is 1.50. The minimum Gasteiger partial charge on any atom is -0.371 e. The Morgan fingerprint density at radius 2 is 1.83 bits per heavy atom. The van der Waals surface area contributed by atoms with Crippen LogP contribution in [0, 0.1) is 5.92 Å². The zero-order valence-corrected chi connectivity index (χ0v) is 15.1. The van der Waals surface area contributed by atoms with E-state index < -0.39 is 0 Å². The zero-order valence-electron chi connectivity index (χ0n) is 14.4. The van der Waals surface area contributed by atoms with Gasteiger partial charge in [0, 0.05) is 30.7 Å². The van der Waals surface area contributed by atoms with Gasteiger partial charge >= 0.3 is 0 Å². The Hall–Kier alpha value is -0.610. The summed E-state index contributed by atoms with van der Waals surface area (Å²) >= 11 is 5.99. The topological polar surface area (TPSA) is 15.7 Å². The molecule has 0 aromatic heterocycles. The van der Waals surface area contributed by atoms with Crippen molar-refractivity contribution >= 4 is 11.6 Å². The SMILES string of the molecule is CC(C)N1CCC(CN2CCO[C@@H](c3ccc(Cl)cc3)C2)CC1. The molecule has 0 saturated carbocycles. The van der Waals surface area contributed by atoms with E-state index in [9.17, 15) is 0 Å². The molecule has 1 aromatic carbocycles. The molecule has 0 amide bonds. The van der Waals surface area contributed by atoms with Crippen LogP contribution in [0.4, 0.5) is 0 Å². The average molecular weight is 337 g/mol. The van der Waals surface area contributed by atoms with Crippen LogP contribution in [0.15, 0.2) is 24.3 Å². The molecule has 0 aliphatic carbocycles. The lowest BCUT2D eigenvalue weighted by atomic mass is 9.95. The van der Waals surface area contributed by atoms with Gasteiger partial charge in [0.05, 0.1) is 12.7 Å². The molecule has 1 aromatic rings. The standard InChI is InChI=1S/C19H29ClN2O/c1-15(2)22-9-7-16(8-10-22)13-21-11-12-23-19(14-21)17-3-5-18(20)6-4-17/h3-6,15-16,19H,7-14H2,1-2H3/t19-/m1/s1. The van der Waals surface area contributed by atoms with E-state index in [4.69, 9.17) is 16.3 Å². The van der Waals surface area contributed by atoms with Gasteiger partial charge in [-0.05, 0) is 63.4 Å². The van der Waals surface area contributed by atoms with Gasteiger partial charge in [-0.1, -0.05) is 23.7 Å². The first-order valence-corrected chi connectivity index (χ1v) is 9.33. The molecule has 128 valence electrons. The second-order valence-electron chi connectivity index (χ2n) is 7.24. The largest absolute Gasteiger partial charge is 0.371 e. The van der Waals surface area contributed by atoms with Crippen molar-refractivity contribution in [1.82, 2.24) is 9.80 Å². The fraction of sp³-hybridized carbons (Fsp3) is 0.684. The third-order valence-corrected chi connectivity index (χ3v) is 5.54. The molecule has 0 unspecified atom stereocenters. The number of rotatable bonds is 4. The van der Waals surface area contributed by atoms with Crippen molar-refractivity contribution in [3.05, 3.63) is 34.9 Å². The molecule has 2 aliphatic heterocycles. The maximum Gasteiger partial charge on any atom is 0.0952 e. The highest BCUT2D eigenvalue weighted by molar-refractivity contribution is 6.30. The number of likely N-dealkylation sites (tertiary alicyclic amines) is 1. The maximum atomic E-state index is 5.99. The maximum absolute atomic E-state index is 5.99. The zero-order chi connectivity index (χ0) is 16.2. The van der Waals surface area contributed by atoms with Crippen molar-refractivity contribution in [3.8, 4) is 0 Å². The van der Waals surface area contributed by atoms with E-state index in [-0.39, 0.29) is 6.10 Å². The van der Waals surface area contributed by atoms with Gasteiger partial charge in [-0.2, -0.15) is 0 Å². The van der Waals surface area contributed by atoms with Gasteiger partial charge in [-0.25, -0.2) is 0 Å². The first-order valence-electron chi connectivity index (χ1n) is 8.95. The van der Waals surface area contributed by atoms with Crippen molar-refractivity contribution in [3.63, 3.8) is 0 Å². The van der Waals surface area contributed by atoms with Crippen LogP contribution in [0.5, 0.6) is 0 Å². The second kappa shape index (κ2) is 7.98. The summed E-state index contributed by atoms with van der Waals surface area (Å²) in [7, 11) is 0. The first-order chi connectivity index (χ1) is 11.1. The lowest BCUT2D eigenvalue weighted by molar-refractivity contribution is -0.0376. The van der Waals surface area contributed by atoms with Gasteiger partial charge in [0.15, 0.2) is 0 Å². The summed E-state index contributed by atoms with van der Waals surface area (Å²) in [5.74, 6) is 0.842. The molecule has 2 aliphatic rings. The number of morpholine rings is 1. The molecule has 4 heteroatoms. The lowest BCUT2D eigenvalue weighted by Crippen LogP contribution is -2.45. The molecule has 0 N–H and O–H groups in total. The molecule has 2 saturated heterocycles. The Labute approximate surface area is 145 Å². The minimum absolute atomic E-state index is 0.191. The molecular weight excluding hydrogens is 308 g/mol. The van der Waals surface area contributed by atoms with Crippen LogP contribution in [-0.2, 0) is 4.74 Å². The van der Waals surface area contributed by atoms with Crippen molar-refractivity contribution < 1.29 is 4.74 Å². The summed E-state index contributed by atoms with van der Waals surface area (Å²) in [6.07, 6.45) is 2.86. The number of hydrogen-bond acceptors (Lipinski definition) is 3. The van der Waals surface area contributed by atoms with Crippen LogP contribution < -0.4 is 0 Å². The van der Waals surface area contributed by atoms with E-state index in [2.05, 4.69) is 35.8 Å². The predicted octanol–water partition coefficient (Wildman–Crippen LogP) is 3.83. The fourth-order valence-electron chi connectivity index (χ4n) is 3.76. The molecule has 23 heavy (non-hydrogen) atoms. The van der Waals surface area contributed by atoms with E-state index >= 15 is 0 Å². The molecule has 1 atom stereocenters. The van der Waals surface area contributed by atoms with Crippen LogP contribution in [-0.4, -0.2) is 55.2 Å². The molecule has 3 nitrogen and oxygen atoms in total. The minimum atomic E-state index is 0.191. The van der Waals surface area contributed by atoms with Gasteiger partial charge in [0.25, 0.3) is 0 Å². The second-order valence-corrected chi connectivity index (χ2v) is 7.68. The Morgan fingerprint density at radius 3 is 2.48 bits per heavy atom. The molecule has 0 spiro atoms. The predicted molar refractivity (Wildman–Crippen MR) is 96.0 cm³/mol. The highest BCUT2D eigenvalue weighted by Gasteiger charge is 2.26. The van der Waals surface area contributed by atoms with Gasteiger partial charge in [-0.15, -0.1) is 0 Å². The highest BCUT2D eigenvalue weighted by Crippen LogP contribution is 2.26. The number of hydrogen-bond donors (Lipinski definition) is 0. The summed E-state index contributed by atoms with van der Waals surface area (Å²) in [5, 5.41) is 0.790. The third-order valence-electron chi connectivity index (χ3n) is 5.29. The molecule has 0 bridgehead atoms. The fourth-order valence-corrected chi connectivity index (χ4v) is 3.89. The molecule has 3 rings (SSSR count). The summed E-state index contributed by atoms with van der Waals surface area (Å²) in [6.45, 7) is 11.2. The van der Waals surface area contributed by atoms with Gasteiger partial charge in [0.2, 0.25) is 0 Å². The van der Waals surface area contributed by atoms with Crippen LogP contribution in [0.25, 0.3) is 0 Å². The Bertz CT molecular complexity index is 483. The Kier molecular flexibility index (Phi) is 5.97. The quantitative estimate of drug-likeness (QED) is 0.831. The van der Waals surface area contributed by atoms with Crippen molar-refractivity contribution in [2.24, 2.45) is 5.92 Å². The van der Waals surface area contributed by atoms with Gasteiger partial charge in [0.1, 0.15) is 0 Å². The van der Waals surface area contributed by atoms with Gasteiger partial charge < -0.3 is 9.64 Å². The van der Waals surface area contributed by atoms with E-state index in [1.807, 2.05) is 12.1 Å². The van der Waals surface area contributed by atoms with Crippen molar-refractivity contribution in [2.45, 2.75) is 38.8 Å². The van der Waals surface area contributed by atoms with Crippen molar-refractivity contribution in [2.75, 3.05) is 39.3 Å². The number of benzene rings is 1. The van der Waals surface area contributed by atoms with Crippen LogP contribution in [0.1, 0.15) is 38.4 Å². The summed E-state index contributed by atoms with van der Waals surface area (Å²) in [6, 6.07) is 8.80. The van der Waals surface area contributed by atoms with Crippen molar-refractivity contribution in [1.29, 1.82) is 0 Å². The summed E-state index contributed by atoms with van der Waals surface area (Å²) in [4.78, 5) is 5.20. The van der Waals surface area contributed by atoms with E-state index in [1.165, 1.54) is 38.0 Å². The molecular formula is C19H29ClN2O. The highest BCUT2D eigenvalue weighted by atomic mass is 35.5. The summed E-state index contributed by atoms with van der Waals surface area (Å²) < 4.78 is 5.98. The monoisotopic (exact) mass is 336 g/mol. The lowest BCUT2D eigenvalue weighted by Gasteiger charge is -2.39. The van der Waals surface area contributed by atoms with Crippen LogP contribution >= 0.6 is 11.6 Å². The number of piperidine rings is 1. The molecule has 2 heterocycles. The van der Waals surface area contributed by atoms with Crippen LogP contribution in [0.2, 0.25) is 5.02 Å². The first kappa shape index (κ1) is 17.2. The number of halogens is 1. The Morgan fingerprint density at radius 1 is 1.13 bits per heavy atom.